The Kier molecular flexibility index (Phi) is 4.99. The number of carbonyl (C=O) groups excluding carboxylic acids is 1. The van der Waals surface area contributed by atoms with Gasteiger partial charge in [-0.2, -0.15) is 5.10 Å². The molecule has 0 aliphatic carbocycles. The molecule has 1 aliphatic rings. The van der Waals surface area contributed by atoms with E-state index in [0.717, 1.165) is 16.9 Å². The van der Waals surface area contributed by atoms with Crippen LogP contribution in [0, 0.1) is 5.92 Å². The summed E-state index contributed by atoms with van der Waals surface area (Å²) in [5.41, 5.74) is 2.02. The van der Waals surface area contributed by atoms with Gasteiger partial charge in [-0.1, -0.05) is 19.9 Å². The molecule has 1 aromatic carbocycles. The zero-order valence-corrected chi connectivity index (χ0v) is 14.8. The summed E-state index contributed by atoms with van der Waals surface area (Å²) in [5.74, 6) is 2.88. The van der Waals surface area contributed by atoms with E-state index in [9.17, 15) is 4.79 Å². The van der Waals surface area contributed by atoms with Crippen molar-refractivity contribution >= 4 is 23.5 Å². The largest absolute Gasteiger partial charge is 0.493 e. The standard InChI is InChI=1S/C17H21N3O3S/c1-10(2)8-23-14-6-11(4-5-13(14)22-3)16-12-7-18-20-17(12)19-15(21)9-24-16/h4-7,10,16H,8-9H2,1-3H3,(H2,18,19,20,21)/t16-/m0/s1. The van der Waals surface area contributed by atoms with E-state index < -0.39 is 0 Å². The molecular weight excluding hydrogens is 326 g/mol. The second-order valence-corrected chi connectivity index (χ2v) is 7.15. The van der Waals surface area contributed by atoms with E-state index in [-0.39, 0.29) is 11.2 Å². The van der Waals surface area contributed by atoms with Gasteiger partial charge in [0.1, 0.15) is 5.82 Å². The molecule has 0 bridgehead atoms. The number of nitrogens with one attached hydrogen (secondary N) is 2. The number of rotatable bonds is 5. The Morgan fingerprint density at radius 2 is 2.21 bits per heavy atom. The van der Waals surface area contributed by atoms with Crippen LogP contribution in [0.1, 0.15) is 30.2 Å². The van der Waals surface area contributed by atoms with E-state index in [1.807, 2.05) is 18.2 Å². The van der Waals surface area contributed by atoms with Crippen molar-refractivity contribution in [2.24, 2.45) is 5.92 Å². The second kappa shape index (κ2) is 7.17. The molecule has 1 amide bonds. The summed E-state index contributed by atoms with van der Waals surface area (Å²) in [6.07, 6.45) is 1.76. The van der Waals surface area contributed by atoms with Crippen LogP contribution in [0.2, 0.25) is 0 Å². The Morgan fingerprint density at radius 1 is 1.38 bits per heavy atom. The highest BCUT2D eigenvalue weighted by atomic mass is 32.2. The molecule has 2 aromatic rings. The first-order valence-electron chi connectivity index (χ1n) is 7.84. The average molecular weight is 347 g/mol. The third-order valence-corrected chi connectivity index (χ3v) is 4.95. The summed E-state index contributed by atoms with van der Waals surface area (Å²) in [6.45, 7) is 4.83. The van der Waals surface area contributed by atoms with Crippen molar-refractivity contribution in [1.82, 2.24) is 10.2 Å². The number of benzene rings is 1. The molecule has 0 saturated carbocycles. The van der Waals surface area contributed by atoms with Crippen LogP contribution >= 0.6 is 11.8 Å². The Labute approximate surface area is 145 Å². The van der Waals surface area contributed by atoms with Crippen LogP contribution in [0.3, 0.4) is 0 Å². The van der Waals surface area contributed by atoms with Gasteiger partial charge in [-0.05, 0) is 23.6 Å². The van der Waals surface area contributed by atoms with Gasteiger partial charge in [-0.25, -0.2) is 0 Å². The van der Waals surface area contributed by atoms with Crippen LogP contribution in [-0.2, 0) is 4.79 Å². The Hall–Kier alpha value is -2.15. The lowest BCUT2D eigenvalue weighted by molar-refractivity contribution is -0.113. The summed E-state index contributed by atoms with van der Waals surface area (Å²) >= 11 is 1.57. The SMILES string of the molecule is COc1ccc([C@@H]2SCC(=O)Nc3[nH]ncc32)cc1OCC(C)C. The van der Waals surface area contributed by atoms with Crippen molar-refractivity contribution < 1.29 is 14.3 Å². The van der Waals surface area contributed by atoms with E-state index in [0.29, 0.717) is 29.8 Å². The maximum absolute atomic E-state index is 11.8. The monoisotopic (exact) mass is 347 g/mol. The number of amides is 1. The van der Waals surface area contributed by atoms with Crippen LogP contribution in [0.4, 0.5) is 5.82 Å². The van der Waals surface area contributed by atoms with Gasteiger partial charge in [0.25, 0.3) is 0 Å². The van der Waals surface area contributed by atoms with E-state index in [1.54, 1.807) is 25.1 Å². The number of thioether (sulfide) groups is 1. The first kappa shape index (κ1) is 16.7. The lowest BCUT2D eigenvalue weighted by atomic mass is 10.1. The molecule has 128 valence electrons. The van der Waals surface area contributed by atoms with Crippen molar-refractivity contribution in [1.29, 1.82) is 0 Å². The molecule has 6 nitrogen and oxygen atoms in total. The molecule has 2 heterocycles. The highest BCUT2D eigenvalue weighted by Crippen LogP contribution is 2.43. The maximum atomic E-state index is 11.8. The number of aromatic amines is 1. The fourth-order valence-corrected chi connectivity index (χ4v) is 3.61. The molecule has 0 radical (unpaired) electrons. The van der Waals surface area contributed by atoms with Gasteiger partial charge in [-0.15, -0.1) is 11.8 Å². The van der Waals surface area contributed by atoms with Crippen molar-refractivity contribution in [3.05, 3.63) is 35.5 Å². The summed E-state index contributed by atoms with van der Waals surface area (Å²) in [7, 11) is 1.63. The first-order chi connectivity index (χ1) is 11.6. The topological polar surface area (TPSA) is 76.2 Å². The molecule has 1 atom stereocenters. The molecule has 7 heteroatoms. The minimum Gasteiger partial charge on any atom is -0.493 e. The van der Waals surface area contributed by atoms with Gasteiger partial charge in [-0.3, -0.25) is 9.89 Å². The van der Waals surface area contributed by atoms with Gasteiger partial charge < -0.3 is 14.8 Å². The highest BCUT2D eigenvalue weighted by Gasteiger charge is 2.26. The Morgan fingerprint density at radius 3 is 2.96 bits per heavy atom. The summed E-state index contributed by atoms with van der Waals surface area (Å²) in [4.78, 5) is 11.8. The van der Waals surface area contributed by atoms with Crippen LogP contribution < -0.4 is 14.8 Å². The molecule has 1 aliphatic heterocycles. The number of hydrogen-bond donors (Lipinski definition) is 2. The predicted octanol–water partition coefficient (Wildman–Crippen LogP) is 3.23. The van der Waals surface area contributed by atoms with Crippen molar-refractivity contribution in [2.75, 3.05) is 24.8 Å². The van der Waals surface area contributed by atoms with Gasteiger partial charge in [0.05, 0.1) is 30.9 Å². The molecule has 3 rings (SSSR count). The van der Waals surface area contributed by atoms with E-state index in [4.69, 9.17) is 9.47 Å². The van der Waals surface area contributed by atoms with Crippen LogP contribution in [0.25, 0.3) is 0 Å². The normalized spacial score (nSPS) is 17.2. The van der Waals surface area contributed by atoms with Crippen molar-refractivity contribution in [3.63, 3.8) is 0 Å². The van der Waals surface area contributed by atoms with Gasteiger partial charge >= 0.3 is 0 Å². The van der Waals surface area contributed by atoms with E-state index >= 15 is 0 Å². The van der Waals surface area contributed by atoms with Gasteiger partial charge in [0, 0.05) is 5.56 Å². The van der Waals surface area contributed by atoms with E-state index in [1.165, 1.54) is 0 Å². The number of nitrogens with zero attached hydrogens (tertiary/aromatic N) is 1. The number of aromatic nitrogens is 2. The quantitative estimate of drug-likeness (QED) is 0.868. The number of hydrogen-bond acceptors (Lipinski definition) is 5. The van der Waals surface area contributed by atoms with Crippen LogP contribution in [0.5, 0.6) is 11.5 Å². The number of ether oxygens (including phenoxy) is 2. The first-order valence-corrected chi connectivity index (χ1v) is 8.88. The summed E-state index contributed by atoms with van der Waals surface area (Å²) < 4.78 is 11.3. The van der Waals surface area contributed by atoms with Crippen LogP contribution in [0.15, 0.2) is 24.4 Å². The lowest BCUT2D eigenvalue weighted by Gasteiger charge is -2.18. The van der Waals surface area contributed by atoms with Crippen LogP contribution in [-0.4, -0.2) is 35.6 Å². The number of methoxy groups -OCH3 is 1. The molecule has 1 aromatic heterocycles. The third kappa shape index (κ3) is 3.51. The minimum atomic E-state index is -0.0298. The molecule has 24 heavy (non-hydrogen) atoms. The molecular formula is C17H21N3O3S. The third-order valence-electron chi connectivity index (χ3n) is 3.66. The Balaban J connectivity index is 1.94. The number of anilines is 1. The maximum Gasteiger partial charge on any atom is 0.235 e. The molecule has 0 unspecified atom stereocenters. The zero-order chi connectivity index (χ0) is 17.1. The number of fused-ring (bicyclic) bond motifs is 1. The molecule has 2 N–H and O–H groups in total. The zero-order valence-electron chi connectivity index (χ0n) is 14.0. The fraction of sp³-hybridized carbons (Fsp3) is 0.412. The fourth-order valence-electron chi connectivity index (χ4n) is 2.52. The smallest absolute Gasteiger partial charge is 0.235 e. The molecule has 0 saturated heterocycles. The van der Waals surface area contributed by atoms with Gasteiger partial charge in [0.2, 0.25) is 5.91 Å². The number of carbonyl (C=O) groups is 1. The number of H-pyrrole nitrogens is 1. The summed E-state index contributed by atoms with van der Waals surface area (Å²) in [6, 6.07) is 5.90. The molecule has 0 spiro atoms. The van der Waals surface area contributed by atoms with Gasteiger partial charge in [0.15, 0.2) is 11.5 Å². The Bertz CT molecular complexity index is 730. The lowest BCUT2D eigenvalue weighted by Crippen LogP contribution is -2.12. The van der Waals surface area contributed by atoms with Crippen molar-refractivity contribution in [3.8, 4) is 11.5 Å². The average Bonchev–Trinajstić information content (AvgIpc) is 2.94. The van der Waals surface area contributed by atoms with E-state index in [2.05, 4.69) is 29.4 Å². The predicted molar refractivity (Wildman–Crippen MR) is 94.8 cm³/mol. The second-order valence-electron chi connectivity index (χ2n) is 6.05. The minimum absolute atomic E-state index is 0.00464. The molecule has 0 fully saturated rings. The summed E-state index contributed by atoms with van der Waals surface area (Å²) in [5, 5.41) is 9.77. The highest BCUT2D eigenvalue weighted by molar-refractivity contribution is 8.00. The van der Waals surface area contributed by atoms with Crippen molar-refractivity contribution in [2.45, 2.75) is 19.1 Å².